The lowest BCUT2D eigenvalue weighted by molar-refractivity contribution is 0.0826. The van der Waals surface area contributed by atoms with Crippen molar-refractivity contribution in [1.29, 1.82) is 5.41 Å². The average Bonchev–Trinajstić information content (AvgIpc) is 2.83. The summed E-state index contributed by atoms with van der Waals surface area (Å²) >= 11 is 0. The maximum atomic E-state index is 11.8. The zero-order chi connectivity index (χ0) is 14.0. The summed E-state index contributed by atoms with van der Waals surface area (Å²) in [5.74, 6) is 0.797. The number of nitrogens with zero attached hydrogens (tertiary/aromatic N) is 2. The van der Waals surface area contributed by atoms with E-state index in [2.05, 4.69) is 4.98 Å². The highest BCUT2D eigenvalue weighted by atomic mass is 16.5. The minimum Gasteiger partial charge on any atom is -0.494 e. The molecule has 1 N–H and O–H groups in total. The number of methoxy groups -OCH3 is 1. The molecule has 0 spiro atoms. The van der Waals surface area contributed by atoms with Crippen LogP contribution in [-0.4, -0.2) is 49.3 Å². The summed E-state index contributed by atoms with van der Waals surface area (Å²) in [6.45, 7) is 0.235. The molecule has 1 aliphatic rings. The Hall–Kier alpha value is -2.37. The summed E-state index contributed by atoms with van der Waals surface area (Å²) in [6, 6.07) is 1.62. The zero-order valence-corrected chi connectivity index (χ0v) is 11.1. The third-order valence-electron chi connectivity index (χ3n) is 2.65. The van der Waals surface area contributed by atoms with E-state index in [9.17, 15) is 4.79 Å². The smallest absolute Gasteiger partial charge is 0.255 e. The molecule has 1 aliphatic heterocycles. The van der Waals surface area contributed by atoms with E-state index in [-0.39, 0.29) is 12.5 Å². The van der Waals surface area contributed by atoms with Gasteiger partial charge in [0.1, 0.15) is 18.1 Å². The monoisotopic (exact) mass is 261 g/mol. The molecule has 0 saturated carbocycles. The van der Waals surface area contributed by atoms with Gasteiger partial charge in [-0.3, -0.25) is 4.79 Å². The highest BCUT2D eigenvalue weighted by molar-refractivity contribution is 6.02. The lowest BCUT2D eigenvalue weighted by atomic mass is 10.2. The predicted octanol–water partition coefficient (Wildman–Crippen LogP) is 1.18. The highest BCUT2D eigenvalue weighted by Gasteiger charge is 2.20. The third-order valence-corrected chi connectivity index (χ3v) is 2.65. The van der Waals surface area contributed by atoms with Gasteiger partial charge in [0.05, 0.1) is 18.4 Å². The molecule has 6 heteroatoms. The lowest BCUT2D eigenvalue weighted by Crippen LogP contribution is -2.22. The van der Waals surface area contributed by atoms with Crippen molar-refractivity contribution < 1.29 is 14.3 Å². The molecule has 0 saturated heterocycles. The fourth-order valence-electron chi connectivity index (χ4n) is 1.69. The van der Waals surface area contributed by atoms with E-state index < -0.39 is 0 Å². The SMILES string of the molecule is COc1cc(C(=O)N(C)C)cnc1C1=CC(=N)CO1. The second kappa shape index (κ2) is 5.09. The van der Waals surface area contributed by atoms with Gasteiger partial charge in [0.25, 0.3) is 5.91 Å². The number of hydrogen-bond acceptors (Lipinski definition) is 5. The fraction of sp³-hybridized carbons (Fsp3) is 0.308. The van der Waals surface area contributed by atoms with E-state index in [4.69, 9.17) is 14.9 Å². The topological polar surface area (TPSA) is 75.5 Å². The van der Waals surface area contributed by atoms with Crippen LogP contribution in [0.5, 0.6) is 5.75 Å². The van der Waals surface area contributed by atoms with Crippen molar-refractivity contribution in [1.82, 2.24) is 9.88 Å². The third kappa shape index (κ3) is 2.57. The van der Waals surface area contributed by atoms with Crippen LogP contribution in [0.15, 0.2) is 18.3 Å². The molecule has 100 valence electrons. The second-order valence-corrected chi connectivity index (χ2v) is 4.30. The van der Waals surface area contributed by atoms with E-state index >= 15 is 0 Å². The molecule has 0 radical (unpaired) electrons. The van der Waals surface area contributed by atoms with Crippen LogP contribution in [0.3, 0.4) is 0 Å². The summed E-state index contributed by atoms with van der Waals surface area (Å²) in [6.07, 6.45) is 3.07. The van der Waals surface area contributed by atoms with Crippen molar-refractivity contribution in [2.24, 2.45) is 0 Å². The van der Waals surface area contributed by atoms with Crippen LogP contribution in [0.1, 0.15) is 16.1 Å². The predicted molar refractivity (Wildman–Crippen MR) is 70.5 cm³/mol. The molecule has 2 rings (SSSR count). The van der Waals surface area contributed by atoms with Crippen LogP contribution in [0.4, 0.5) is 0 Å². The Bertz CT molecular complexity index is 564. The molecule has 1 aromatic rings. The summed E-state index contributed by atoms with van der Waals surface area (Å²) in [5.41, 5.74) is 1.33. The molecule has 2 heterocycles. The first-order chi connectivity index (χ1) is 9.02. The number of carbonyl (C=O) groups excluding carboxylic acids is 1. The molecule has 0 aliphatic carbocycles. The summed E-state index contributed by atoms with van der Waals surface area (Å²) in [5, 5.41) is 7.49. The molecule has 1 aromatic heterocycles. The van der Waals surface area contributed by atoms with Crippen LogP contribution >= 0.6 is 0 Å². The zero-order valence-electron chi connectivity index (χ0n) is 11.1. The van der Waals surface area contributed by atoms with Crippen molar-refractivity contribution in [3.05, 3.63) is 29.6 Å². The van der Waals surface area contributed by atoms with Gasteiger partial charge in [0.15, 0.2) is 5.76 Å². The number of rotatable bonds is 3. The Morgan fingerprint density at radius 2 is 2.26 bits per heavy atom. The second-order valence-electron chi connectivity index (χ2n) is 4.30. The van der Waals surface area contributed by atoms with Gasteiger partial charge in [-0.25, -0.2) is 4.98 Å². The first-order valence-electron chi connectivity index (χ1n) is 5.71. The largest absolute Gasteiger partial charge is 0.494 e. The maximum Gasteiger partial charge on any atom is 0.255 e. The van der Waals surface area contributed by atoms with E-state index in [1.54, 1.807) is 26.2 Å². The summed E-state index contributed by atoms with van der Waals surface area (Å²) < 4.78 is 10.6. The van der Waals surface area contributed by atoms with E-state index in [0.29, 0.717) is 28.5 Å². The molecule has 0 bridgehead atoms. The first kappa shape index (κ1) is 13.1. The quantitative estimate of drug-likeness (QED) is 0.886. The molecular formula is C13H15N3O3. The molecular weight excluding hydrogens is 246 g/mol. The van der Waals surface area contributed by atoms with Crippen LogP contribution < -0.4 is 4.74 Å². The van der Waals surface area contributed by atoms with Gasteiger partial charge in [0, 0.05) is 26.4 Å². The average molecular weight is 261 g/mol. The Morgan fingerprint density at radius 3 is 2.79 bits per heavy atom. The number of nitrogens with one attached hydrogen (secondary N) is 1. The maximum absolute atomic E-state index is 11.8. The number of amides is 1. The molecule has 0 atom stereocenters. The number of pyridine rings is 1. The van der Waals surface area contributed by atoms with Crippen molar-refractivity contribution in [2.45, 2.75) is 0 Å². The Kier molecular flexibility index (Phi) is 3.50. The molecule has 6 nitrogen and oxygen atoms in total. The minimum atomic E-state index is -0.147. The Labute approximate surface area is 111 Å². The van der Waals surface area contributed by atoms with Gasteiger partial charge in [-0.05, 0) is 6.07 Å². The van der Waals surface area contributed by atoms with Crippen LogP contribution in [0.2, 0.25) is 0 Å². The standard InChI is InChI=1S/C13H15N3O3/c1-16(2)13(17)8-4-10(18-3)12(15-6-8)11-5-9(14)7-19-11/h4-6,14H,7H2,1-3H3. The fourth-order valence-corrected chi connectivity index (χ4v) is 1.69. The van der Waals surface area contributed by atoms with Crippen molar-refractivity contribution in [3.8, 4) is 5.75 Å². The van der Waals surface area contributed by atoms with Crippen molar-refractivity contribution in [2.75, 3.05) is 27.8 Å². The van der Waals surface area contributed by atoms with E-state index in [1.807, 2.05) is 0 Å². The number of hydrogen-bond donors (Lipinski definition) is 1. The van der Waals surface area contributed by atoms with Gasteiger partial charge in [-0.1, -0.05) is 0 Å². The molecule has 0 unspecified atom stereocenters. The first-order valence-corrected chi connectivity index (χ1v) is 5.71. The Morgan fingerprint density at radius 1 is 1.53 bits per heavy atom. The molecule has 1 amide bonds. The van der Waals surface area contributed by atoms with Gasteiger partial charge in [-0.2, -0.15) is 0 Å². The lowest BCUT2D eigenvalue weighted by Gasteiger charge is -2.13. The normalized spacial score (nSPS) is 13.8. The Balaban J connectivity index is 2.40. The van der Waals surface area contributed by atoms with E-state index in [1.165, 1.54) is 18.2 Å². The van der Waals surface area contributed by atoms with Crippen LogP contribution in [0, 0.1) is 5.41 Å². The van der Waals surface area contributed by atoms with Crippen LogP contribution in [0.25, 0.3) is 5.76 Å². The molecule has 19 heavy (non-hydrogen) atoms. The molecule has 0 aromatic carbocycles. The van der Waals surface area contributed by atoms with Gasteiger partial charge < -0.3 is 19.8 Å². The van der Waals surface area contributed by atoms with Crippen molar-refractivity contribution >= 4 is 17.4 Å². The van der Waals surface area contributed by atoms with Gasteiger partial charge >= 0.3 is 0 Å². The minimum absolute atomic E-state index is 0.147. The number of ether oxygens (including phenoxy) is 2. The van der Waals surface area contributed by atoms with Crippen molar-refractivity contribution in [3.63, 3.8) is 0 Å². The van der Waals surface area contributed by atoms with Gasteiger partial charge in [-0.15, -0.1) is 0 Å². The molecule has 0 fully saturated rings. The van der Waals surface area contributed by atoms with Crippen LogP contribution in [-0.2, 0) is 4.74 Å². The number of carbonyl (C=O) groups is 1. The summed E-state index contributed by atoms with van der Waals surface area (Å²) in [7, 11) is 4.85. The summed E-state index contributed by atoms with van der Waals surface area (Å²) in [4.78, 5) is 17.5. The van der Waals surface area contributed by atoms with Gasteiger partial charge in [0.2, 0.25) is 0 Å². The number of aromatic nitrogens is 1. The highest BCUT2D eigenvalue weighted by Crippen LogP contribution is 2.28. The van der Waals surface area contributed by atoms with E-state index in [0.717, 1.165) is 0 Å².